The van der Waals surface area contributed by atoms with Crippen LogP contribution in [0.25, 0.3) is 0 Å². The fraction of sp³-hybridized carbons (Fsp3) is 0.529. The van der Waals surface area contributed by atoms with E-state index in [1.165, 1.54) is 16.4 Å². The van der Waals surface area contributed by atoms with Crippen molar-refractivity contribution < 1.29 is 18.0 Å². The van der Waals surface area contributed by atoms with Crippen molar-refractivity contribution in [1.29, 1.82) is 0 Å². The highest BCUT2D eigenvalue weighted by Gasteiger charge is 2.31. The smallest absolute Gasteiger partial charge is 0.244 e. The maximum absolute atomic E-state index is 12.7. The van der Waals surface area contributed by atoms with Gasteiger partial charge in [-0.15, -0.1) is 0 Å². The Bertz CT molecular complexity index is 746. The second-order valence-corrected chi connectivity index (χ2v) is 8.38. The van der Waals surface area contributed by atoms with Gasteiger partial charge in [-0.2, -0.15) is 4.31 Å². The first kappa shape index (κ1) is 20.7. The molecule has 26 heavy (non-hydrogen) atoms. The molecule has 1 aromatic rings. The van der Waals surface area contributed by atoms with Gasteiger partial charge >= 0.3 is 0 Å². The van der Waals surface area contributed by atoms with Crippen LogP contribution in [0.15, 0.2) is 29.2 Å². The molecule has 0 saturated carbocycles. The van der Waals surface area contributed by atoms with Crippen LogP contribution in [-0.4, -0.2) is 62.2 Å². The lowest BCUT2D eigenvalue weighted by molar-refractivity contribution is -0.134. The summed E-state index contributed by atoms with van der Waals surface area (Å²) in [6, 6.07) is 6.32. The number of hydrogen-bond acceptors (Lipinski definition) is 4. The van der Waals surface area contributed by atoms with Gasteiger partial charge in [-0.1, -0.05) is 30.7 Å². The molecule has 2 rings (SSSR count). The summed E-state index contributed by atoms with van der Waals surface area (Å²) < 4.78 is 26.7. The van der Waals surface area contributed by atoms with E-state index in [1.807, 2.05) is 6.92 Å². The molecule has 0 aromatic heterocycles. The van der Waals surface area contributed by atoms with E-state index in [2.05, 4.69) is 5.32 Å². The lowest BCUT2D eigenvalue weighted by Crippen LogP contribution is -2.50. The normalized spacial score (nSPS) is 15.7. The summed E-state index contributed by atoms with van der Waals surface area (Å²) >= 11 is 6.01. The minimum atomic E-state index is -3.68. The number of carbonyl (C=O) groups excluding carboxylic acids is 2. The summed E-state index contributed by atoms with van der Waals surface area (Å²) in [5, 5.41) is 2.92. The van der Waals surface area contributed by atoms with Gasteiger partial charge in [-0.25, -0.2) is 8.42 Å². The molecule has 1 saturated heterocycles. The van der Waals surface area contributed by atoms with E-state index in [1.54, 1.807) is 17.0 Å². The van der Waals surface area contributed by atoms with E-state index in [0.29, 0.717) is 19.6 Å². The first-order chi connectivity index (χ1) is 12.4. The van der Waals surface area contributed by atoms with Crippen LogP contribution in [0.3, 0.4) is 0 Å². The number of carbonyl (C=O) groups is 2. The zero-order valence-electron chi connectivity index (χ0n) is 14.8. The lowest BCUT2D eigenvalue weighted by Gasteiger charge is -2.34. The molecule has 7 nitrogen and oxygen atoms in total. The minimum absolute atomic E-state index is 0.0778. The third-order valence-electron chi connectivity index (χ3n) is 4.18. The van der Waals surface area contributed by atoms with Gasteiger partial charge in [0.15, 0.2) is 0 Å². The second kappa shape index (κ2) is 9.34. The number of hydrogen-bond donors (Lipinski definition) is 1. The number of nitrogens with one attached hydrogen (secondary N) is 1. The molecule has 1 aliphatic rings. The van der Waals surface area contributed by atoms with Crippen LogP contribution in [0, 0.1) is 0 Å². The monoisotopic (exact) mass is 401 g/mol. The molecule has 0 radical (unpaired) electrons. The van der Waals surface area contributed by atoms with Gasteiger partial charge in [0.25, 0.3) is 0 Å². The number of rotatable bonds is 7. The fourth-order valence-corrected chi connectivity index (χ4v) is 4.62. The van der Waals surface area contributed by atoms with E-state index in [4.69, 9.17) is 11.6 Å². The molecule has 0 spiro atoms. The SMILES string of the molecule is CCCNC(=O)CCC(=O)N1CCN(S(=O)(=O)c2ccccc2Cl)CC1. The summed E-state index contributed by atoms with van der Waals surface area (Å²) in [4.78, 5) is 25.5. The van der Waals surface area contributed by atoms with E-state index < -0.39 is 10.0 Å². The van der Waals surface area contributed by atoms with Crippen molar-refractivity contribution in [2.45, 2.75) is 31.1 Å². The summed E-state index contributed by atoms with van der Waals surface area (Å²) in [6.45, 7) is 3.59. The van der Waals surface area contributed by atoms with Crippen LogP contribution in [0.2, 0.25) is 5.02 Å². The first-order valence-electron chi connectivity index (χ1n) is 8.65. The van der Waals surface area contributed by atoms with Gasteiger partial charge in [0, 0.05) is 45.6 Å². The number of piperazine rings is 1. The van der Waals surface area contributed by atoms with Crippen LogP contribution in [0.1, 0.15) is 26.2 Å². The number of nitrogens with zero attached hydrogens (tertiary/aromatic N) is 2. The Labute approximate surface area is 159 Å². The van der Waals surface area contributed by atoms with E-state index in [0.717, 1.165) is 6.42 Å². The Morgan fingerprint density at radius 2 is 1.77 bits per heavy atom. The van der Waals surface area contributed by atoms with Gasteiger partial charge in [-0.05, 0) is 18.6 Å². The van der Waals surface area contributed by atoms with Crippen LogP contribution in [0.5, 0.6) is 0 Å². The van der Waals surface area contributed by atoms with Crippen molar-refractivity contribution in [3.8, 4) is 0 Å². The largest absolute Gasteiger partial charge is 0.356 e. The quantitative estimate of drug-likeness (QED) is 0.749. The molecule has 1 fully saturated rings. The molecule has 0 atom stereocenters. The third-order valence-corrected chi connectivity index (χ3v) is 6.58. The number of sulfonamides is 1. The summed E-state index contributed by atoms with van der Waals surface area (Å²) in [5.41, 5.74) is 0. The van der Waals surface area contributed by atoms with Gasteiger partial charge in [0.1, 0.15) is 4.90 Å². The van der Waals surface area contributed by atoms with Crippen molar-refractivity contribution in [3.63, 3.8) is 0 Å². The fourth-order valence-electron chi connectivity index (χ4n) is 2.70. The summed E-state index contributed by atoms with van der Waals surface area (Å²) in [5.74, 6) is -0.272. The molecule has 2 amide bonds. The Morgan fingerprint density at radius 3 is 2.38 bits per heavy atom. The molecule has 0 aliphatic carbocycles. The molecule has 1 N–H and O–H groups in total. The Hall–Kier alpha value is -1.64. The predicted octanol–water partition coefficient (Wildman–Crippen LogP) is 1.48. The second-order valence-electron chi connectivity index (χ2n) is 6.07. The lowest BCUT2D eigenvalue weighted by atomic mass is 10.2. The predicted molar refractivity (Wildman–Crippen MR) is 99.3 cm³/mol. The molecule has 144 valence electrons. The minimum Gasteiger partial charge on any atom is -0.356 e. The highest BCUT2D eigenvalue weighted by molar-refractivity contribution is 7.89. The number of halogens is 1. The van der Waals surface area contributed by atoms with E-state index >= 15 is 0 Å². The highest BCUT2D eigenvalue weighted by atomic mass is 35.5. The van der Waals surface area contributed by atoms with Crippen molar-refractivity contribution in [2.24, 2.45) is 0 Å². The molecule has 1 heterocycles. The van der Waals surface area contributed by atoms with Gasteiger partial charge in [0.05, 0.1) is 5.02 Å². The molecular weight excluding hydrogens is 378 g/mol. The Kier molecular flexibility index (Phi) is 7.43. The average Bonchev–Trinajstić information content (AvgIpc) is 2.64. The van der Waals surface area contributed by atoms with Crippen molar-refractivity contribution in [2.75, 3.05) is 32.7 Å². The van der Waals surface area contributed by atoms with Gasteiger partial charge < -0.3 is 10.2 Å². The van der Waals surface area contributed by atoms with E-state index in [-0.39, 0.29) is 47.7 Å². The third kappa shape index (κ3) is 5.18. The number of benzene rings is 1. The standard InChI is InChI=1S/C17H24ClN3O4S/c1-2-9-19-16(22)7-8-17(23)20-10-12-21(13-11-20)26(24,25)15-6-4-3-5-14(15)18/h3-6H,2,7-13H2,1H3,(H,19,22). The molecule has 9 heteroatoms. The average molecular weight is 402 g/mol. The molecule has 0 unspecified atom stereocenters. The zero-order chi connectivity index (χ0) is 19.2. The van der Waals surface area contributed by atoms with Crippen molar-refractivity contribution in [3.05, 3.63) is 29.3 Å². The van der Waals surface area contributed by atoms with Crippen LogP contribution in [-0.2, 0) is 19.6 Å². The Balaban J connectivity index is 1.88. The number of amides is 2. The highest BCUT2D eigenvalue weighted by Crippen LogP contribution is 2.25. The Morgan fingerprint density at radius 1 is 1.12 bits per heavy atom. The van der Waals surface area contributed by atoms with Crippen LogP contribution >= 0.6 is 11.6 Å². The first-order valence-corrected chi connectivity index (χ1v) is 10.5. The molecule has 1 aromatic carbocycles. The molecular formula is C17H24ClN3O4S. The topological polar surface area (TPSA) is 86.8 Å². The van der Waals surface area contributed by atoms with E-state index in [9.17, 15) is 18.0 Å². The van der Waals surface area contributed by atoms with Gasteiger partial charge in [0.2, 0.25) is 21.8 Å². The maximum atomic E-state index is 12.7. The van der Waals surface area contributed by atoms with Crippen molar-refractivity contribution in [1.82, 2.24) is 14.5 Å². The van der Waals surface area contributed by atoms with Crippen LogP contribution in [0.4, 0.5) is 0 Å². The van der Waals surface area contributed by atoms with Gasteiger partial charge in [-0.3, -0.25) is 9.59 Å². The summed E-state index contributed by atoms with van der Waals surface area (Å²) in [7, 11) is -3.68. The zero-order valence-corrected chi connectivity index (χ0v) is 16.4. The van der Waals surface area contributed by atoms with Crippen LogP contribution < -0.4 is 5.32 Å². The molecule has 1 aliphatic heterocycles. The summed E-state index contributed by atoms with van der Waals surface area (Å²) in [6.07, 6.45) is 1.13. The maximum Gasteiger partial charge on any atom is 0.244 e. The van der Waals surface area contributed by atoms with Crippen molar-refractivity contribution >= 4 is 33.4 Å². The molecule has 0 bridgehead atoms.